The van der Waals surface area contributed by atoms with E-state index >= 15 is 0 Å². The highest BCUT2D eigenvalue weighted by atomic mass is 16.5. The van der Waals surface area contributed by atoms with Crippen molar-refractivity contribution in [2.24, 2.45) is 0 Å². The SMILES string of the molecule is Cc1ccc2c(c1)-c1ncc([C@]3(O)c4cc(C)ccc4O[C@@H]3C(=O)c3ccc4c(c3)N(C)C(=O)CO4)cc1CO2. The lowest BCUT2D eigenvalue weighted by Crippen LogP contribution is -2.45. The number of carbonyl (C=O) groups is 2. The van der Waals surface area contributed by atoms with Crippen molar-refractivity contribution in [3.63, 3.8) is 0 Å². The monoisotopic (exact) mass is 534 g/mol. The van der Waals surface area contributed by atoms with E-state index in [1.807, 2.05) is 50.2 Å². The van der Waals surface area contributed by atoms with E-state index in [2.05, 4.69) is 0 Å². The number of aryl methyl sites for hydroxylation is 2. The number of rotatable bonds is 3. The molecule has 1 amide bonds. The van der Waals surface area contributed by atoms with E-state index in [0.29, 0.717) is 28.3 Å². The van der Waals surface area contributed by atoms with Crippen molar-refractivity contribution in [2.45, 2.75) is 32.2 Å². The Kier molecular flexibility index (Phi) is 5.27. The van der Waals surface area contributed by atoms with Gasteiger partial charge in [-0.25, -0.2) is 0 Å². The molecule has 0 radical (unpaired) electrons. The van der Waals surface area contributed by atoms with Gasteiger partial charge in [-0.05, 0) is 62.4 Å². The molecule has 4 heterocycles. The van der Waals surface area contributed by atoms with Gasteiger partial charge in [0.05, 0.1) is 11.4 Å². The summed E-state index contributed by atoms with van der Waals surface area (Å²) in [5.41, 5.74) is 4.36. The molecular weight excluding hydrogens is 508 g/mol. The molecule has 8 nitrogen and oxygen atoms in total. The van der Waals surface area contributed by atoms with E-state index in [0.717, 1.165) is 33.7 Å². The maximum atomic E-state index is 14.1. The molecule has 4 aromatic rings. The van der Waals surface area contributed by atoms with Crippen LogP contribution in [0.25, 0.3) is 11.3 Å². The first-order valence-electron chi connectivity index (χ1n) is 13.0. The van der Waals surface area contributed by atoms with Gasteiger partial charge in [0, 0.05) is 41.1 Å². The molecule has 0 unspecified atom stereocenters. The minimum atomic E-state index is -1.82. The second kappa shape index (κ2) is 8.66. The number of nitrogens with zero attached hydrogens (tertiary/aromatic N) is 2. The maximum Gasteiger partial charge on any atom is 0.264 e. The molecule has 8 heteroatoms. The van der Waals surface area contributed by atoms with E-state index in [1.54, 1.807) is 37.5 Å². The van der Waals surface area contributed by atoms with Crippen LogP contribution in [0.4, 0.5) is 5.69 Å². The summed E-state index contributed by atoms with van der Waals surface area (Å²) in [6.07, 6.45) is 0.330. The predicted octanol–water partition coefficient (Wildman–Crippen LogP) is 4.49. The van der Waals surface area contributed by atoms with E-state index < -0.39 is 17.5 Å². The summed E-state index contributed by atoms with van der Waals surface area (Å²) in [7, 11) is 1.64. The molecule has 3 aliphatic rings. The zero-order valence-electron chi connectivity index (χ0n) is 22.2. The summed E-state index contributed by atoms with van der Waals surface area (Å²) in [6, 6.07) is 18.2. The third-order valence-corrected chi connectivity index (χ3v) is 7.92. The second-order valence-corrected chi connectivity index (χ2v) is 10.6. The molecule has 1 N–H and O–H groups in total. The number of carbonyl (C=O) groups excluding carboxylic acids is 2. The van der Waals surface area contributed by atoms with Crippen molar-refractivity contribution < 1.29 is 28.9 Å². The van der Waals surface area contributed by atoms with Gasteiger partial charge in [-0.1, -0.05) is 23.3 Å². The van der Waals surface area contributed by atoms with Crippen LogP contribution in [0, 0.1) is 13.8 Å². The Morgan fingerprint density at radius 2 is 1.68 bits per heavy atom. The molecule has 0 bridgehead atoms. The molecule has 0 fully saturated rings. The molecule has 0 saturated carbocycles. The zero-order valence-corrected chi connectivity index (χ0v) is 22.2. The lowest BCUT2D eigenvalue weighted by molar-refractivity contribution is -0.121. The molecule has 7 rings (SSSR count). The van der Waals surface area contributed by atoms with Gasteiger partial charge >= 0.3 is 0 Å². The van der Waals surface area contributed by atoms with E-state index in [1.165, 1.54) is 4.90 Å². The van der Waals surface area contributed by atoms with Gasteiger partial charge in [0.1, 0.15) is 23.9 Å². The molecule has 3 aliphatic heterocycles. The largest absolute Gasteiger partial charge is 0.488 e. The quantitative estimate of drug-likeness (QED) is 0.387. The number of amides is 1. The number of ether oxygens (including phenoxy) is 3. The Balaban J connectivity index is 1.34. The van der Waals surface area contributed by atoms with Crippen LogP contribution in [0.5, 0.6) is 17.2 Å². The van der Waals surface area contributed by atoms with Crippen molar-refractivity contribution >= 4 is 17.4 Å². The van der Waals surface area contributed by atoms with Gasteiger partial charge in [0.2, 0.25) is 5.78 Å². The summed E-state index contributed by atoms with van der Waals surface area (Å²) in [4.78, 5) is 32.5. The minimum absolute atomic E-state index is 0.0595. The van der Waals surface area contributed by atoms with Gasteiger partial charge < -0.3 is 24.2 Å². The number of hydrogen-bond donors (Lipinski definition) is 1. The first-order chi connectivity index (χ1) is 19.2. The fourth-order valence-corrected chi connectivity index (χ4v) is 5.71. The van der Waals surface area contributed by atoms with Crippen molar-refractivity contribution in [3.05, 3.63) is 100 Å². The van der Waals surface area contributed by atoms with Crippen molar-refractivity contribution in [1.82, 2.24) is 4.98 Å². The number of benzene rings is 3. The Labute approximate surface area is 230 Å². The Bertz CT molecular complexity index is 1750. The minimum Gasteiger partial charge on any atom is -0.488 e. The summed E-state index contributed by atoms with van der Waals surface area (Å²) in [6.45, 7) is 4.16. The van der Waals surface area contributed by atoms with Crippen LogP contribution in [-0.2, 0) is 17.0 Å². The van der Waals surface area contributed by atoms with Crippen molar-refractivity contribution in [3.8, 4) is 28.5 Å². The number of aromatic nitrogens is 1. The van der Waals surface area contributed by atoms with E-state index in [-0.39, 0.29) is 24.7 Å². The third-order valence-electron chi connectivity index (χ3n) is 7.92. The van der Waals surface area contributed by atoms with E-state index in [9.17, 15) is 14.7 Å². The fraction of sp³-hybridized carbons (Fsp3) is 0.219. The third kappa shape index (κ3) is 3.53. The number of hydrogen-bond acceptors (Lipinski definition) is 7. The van der Waals surface area contributed by atoms with Gasteiger partial charge in [-0.2, -0.15) is 0 Å². The second-order valence-electron chi connectivity index (χ2n) is 10.6. The summed E-state index contributed by atoms with van der Waals surface area (Å²) < 4.78 is 17.7. The molecule has 1 aromatic heterocycles. The number of fused-ring (bicyclic) bond motifs is 5. The Morgan fingerprint density at radius 3 is 2.50 bits per heavy atom. The highest BCUT2D eigenvalue weighted by Crippen LogP contribution is 2.48. The highest BCUT2D eigenvalue weighted by molar-refractivity contribution is 6.04. The smallest absolute Gasteiger partial charge is 0.264 e. The van der Waals surface area contributed by atoms with Crippen LogP contribution in [0.1, 0.15) is 38.2 Å². The first-order valence-corrected chi connectivity index (χ1v) is 13.0. The molecule has 2 atom stereocenters. The number of anilines is 1. The van der Waals surface area contributed by atoms with Gasteiger partial charge in [-0.15, -0.1) is 0 Å². The fourth-order valence-electron chi connectivity index (χ4n) is 5.71. The van der Waals surface area contributed by atoms with Crippen LogP contribution < -0.4 is 19.1 Å². The summed E-state index contributed by atoms with van der Waals surface area (Å²) in [5.74, 6) is 1.05. The normalized spacial score (nSPS) is 20.4. The van der Waals surface area contributed by atoms with Gasteiger partial charge in [0.25, 0.3) is 5.91 Å². The van der Waals surface area contributed by atoms with Gasteiger partial charge in [0.15, 0.2) is 18.3 Å². The average Bonchev–Trinajstić information content (AvgIpc) is 3.26. The van der Waals surface area contributed by atoms with Crippen LogP contribution in [0.2, 0.25) is 0 Å². The predicted molar refractivity (Wildman–Crippen MR) is 147 cm³/mol. The number of Topliss-reactive ketones (excluding diaryl/α,β-unsaturated/α-hetero) is 1. The summed E-state index contributed by atoms with van der Waals surface area (Å²) >= 11 is 0. The van der Waals surface area contributed by atoms with Crippen LogP contribution in [0.15, 0.2) is 66.9 Å². The molecular formula is C32H26N2O6. The molecule has 0 aliphatic carbocycles. The zero-order chi connectivity index (χ0) is 27.8. The Morgan fingerprint density at radius 1 is 0.950 bits per heavy atom. The maximum absolute atomic E-state index is 14.1. The summed E-state index contributed by atoms with van der Waals surface area (Å²) in [5, 5.41) is 12.5. The number of ketones is 1. The molecule has 40 heavy (non-hydrogen) atoms. The molecule has 0 spiro atoms. The topological polar surface area (TPSA) is 98.2 Å². The number of aliphatic hydroxyl groups is 1. The van der Waals surface area contributed by atoms with Crippen molar-refractivity contribution in [1.29, 1.82) is 0 Å². The molecule has 200 valence electrons. The van der Waals surface area contributed by atoms with Crippen LogP contribution >= 0.6 is 0 Å². The molecule has 3 aromatic carbocycles. The standard InChI is InChI=1S/C32H26N2O6/c1-17-4-7-25-22(10-17)29-20(15-38-25)12-21(14-33-29)32(37)23-11-18(2)5-8-26(23)40-31(32)30(36)19-6-9-27-24(13-19)34(3)28(35)16-39-27/h4-14,31,37H,15-16H2,1-3H3/t31-,32+/m1/s1. The number of likely N-dealkylation sites (N-methyl/N-ethyl adjacent to an activating group) is 1. The van der Waals surface area contributed by atoms with Crippen LogP contribution in [0.3, 0.4) is 0 Å². The highest BCUT2D eigenvalue weighted by Gasteiger charge is 2.53. The van der Waals surface area contributed by atoms with Crippen LogP contribution in [-0.4, -0.2) is 41.5 Å². The van der Waals surface area contributed by atoms with Gasteiger partial charge in [-0.3, -0.25) is 14.6 Å². The molecule has 0 saturated heterocycles. The lowest BCUT2D eigenvalue weighted by Gasteiger charge is -2.31. The first kappa shape index (κ1) is 24.4. The van der Waals surface area contributed by atoms with E-state index in [4.69, 9.17) is 19.2 Å². The average molecular weight is 535 g/mol. The number of pyridine rings is 1. The lowest BCUT2D eigenvalue weighted by atomic mass is 9.80. The Hall–Kier alpha value is -4.69. The van der Waals surface area contributed by atoms with Crippen molar-refractivity contribution in [2.75, 3.05) is 18.6 Å².